The first-order chi connectivity index (χ1) is 7.88. The lowest BCUT2D eigenvalue weighted by molar-refractivity contribution is -0.297. The number of methoxy groups -OCH3 is 1. The zero-order valence-electron chi connectivity index (χ0n) is 9.94. The summed E-state index contributed by atoms with van der Waals surface area (Å²) in [6.45, 7) is 2.96. The number of rotatable bonds is 4. The molecule has 1 saturated heterocycles. The average Bonchev–Trinajstić information content (AvgIpc) is 2.28. The molecule has 0 aliphatic carbocycles. The van der Waals surface area contributed by atoms with E-state index in [0.29, 0.717) is 0 Å². The molecule has 1 rings (SSSR count). The molecular weight excluding hydrogens is 232 g/mol. The molecule has 0 bridgehead atoms. The summed E-state index contributed by atoms with van der Waals surface area (Å²) < 4.78 is 15.3. The first kappa shape index (κ1) is 14.3. The Labute approximate surface area is 98.9 Å². The fourth-order valence-corrected chi connectivity index (χ4v) is 1.68. The Morgan fingerprint density at radius 3 is 2.41 bits per heavy atom. The van der Waals surface area contributed by atoms with E-state index in [0.717, 1.165) is 0 Å². The van der Waals surface area contributed by atoms with Crippen molar-refractivity contribution in [3.63, 3.8) is 0 Å². The van der Waals surface area contributed by atoms with Crippen LogP contribution in [0.2, 0.25) is 0 Å². The summed E-state index contributed by atoms with van der Waals surface area (Å²) in [6, 6.07) is 0. The Hall–Kier alpha value is -0.730. The number of aliphatic carboxylic acids is 1. The van der Waals surface area contributed by atoms with Crippen LogP contribution in [0, 0.1) is 0 Å². The van der Waals surface area contributed by atoms with Crippen molar-refractivity contribution in [3.8, 4) is 0 Å². The van der Waals surface area contributed by atoms with Crippen LogP contribution in [0.5, 0.6) is 0 Å². The topological polar surface area (TPSA) is 105 Å². The van der Waals surface area contributed by atoms with Gasteiger partial charge in [0.2, 0.25) is 0 Å². The Morgan fingerprint density at radius 2 is 1.94 bits per heavy atom. The van der Waals surface area contributed by atoms with Gasteiger partial charge in [0.25, 0.3) is 0 Å². The van der Waals surface area contributed by atoms with Crippen molar-refractivity contribution in [1.82, 2.24) is 0 Å². The van der Waals surface area contributed by atoms with Gasteiger partial charge >= 0.3 is 5.97 Å². The molecule has 0 amide bonds. The fraction of sp³-hybridized carbons (Fsp3) is 0.900. The Kier molecular flexibility index (Phi) is 4.84. The van der Waals surface area contributed by atoms with E-state index >= 15 is 0 Å². The van der Waals surface area contributed by atoms with E-state index in [2.05, 4.69) is 0 Å². The minimum atomic E-state index is -1.28. The van der Waals surface area contributed by atoms with Crippen LogP contribution in [0.3, 0.4) is 0 Å². The molecule has 1 fully saturated rings. The summed E-state index contributed by atoms with van der Waals surface area (Å²) in [5.41, 5.74) is 0. The second kappa shape index (κ2) is 5.74. The van der Waals surface area contributed by atoms with Gasteiger partial charge in [-0.15, -0.1) is 0 Å². The van der Waals surface area contributed by atoms with Gasteiger partial charge in [0, 0.05) is 7.11 Å². The van der Waals surface area contributed by atoms with Gasteiger partial charge in [0.15, 0.2) is 12.4 Å². The van der Waals surface area contributed by atoms with Crippen LogP contribution in [-0.2, 0) is 19.0 Å². The van der Waals surface area contributed by atoms with Crippen molar-refractivity contribution < 1.29 is 34.3 Å². The van der Waals surface area contributed by atoms with Crippen LogP contribution in [0.4, 0.5) is 0 Å². The van der Waals surface area contributed by atoms with Gasteiger partial charge in [-0.25, -0.2) is 4.79 Å². The molecular formula is C10H18O7. The van der Waals surface area contributed by atoms with Gasteiger partial charge in [0.1, 0.15) is 18.3 Å². The van der Waals surface area contributed by atoms with Gasteiger partial charge < -0.3 is 29.5 Å². The molecule has 0 aromatic heterocycles. The monoisotopic (exact) mass is 250 g/mol. The van der Waals surface area contributed by atoms with Crippen LogP contribution in [0.25, 0.3) is 0 Å². The highest BCUT2D eigenvalue weighted by Gasteiger charge is 2.44. The standard InChI is InChI=1S/C10H18O7/c1-4-8(16-5(2)9(13)14)6(11)7(12)10(15-3)17-4/h4-8,10-12H,1-3H3,(H,13,14)/t4-,5?,6?,7?,8?,10+/m0/s1. The van der Waals surface area contributed by atoms with Crippen molar-refractivity contribution in [2.45, 2.75) is 50.7 Å². The lowest BCUT2D eigenvalue weighted by Gasteiger charge is -2.41. The second-order valence-corrected chi connectivity index (χ2v) is 4.01. The zero-order valence-corrected chi connectivity index (χ0v) is 9.94. The maximum atomic E-state index is 10.7. The number of ether oxygens (including phenoxy) is 3. The second-order valence-electron chi connectivity index (χ2n) is 4.01. The highest BCUT2D eigenvalue weighted by Crippen LogP contribution is 2.24. The van der Waals surface area contributed by atoms with Crippen molar-refractivity contribution in [1.29, 1.82) is 0 Å². The lowest BCUT2D eigenvalue weighted by Crippen LogP contribution is -2.59. The van der Waals surface area contributed by atoms with E-state index in [1.165, 1.54) is 14.0 Å². The summed E-state index contributed by atoms with van der Waals surface area (Å²) in [6.07, 6.45) is -6.07. The maximum absolute atomic E-state index is 10.7. The van der Waals surface area contributed by atoms with Crippen LogP contribution in [-0.4, -0.2) is 65.2 Å². The van der Waals surface area contributed by atoms with Crippen molar-refractivity contribution >= 4 is 5.97 Å². The summed E-state index contributed by atoms with van der Waals surface area (Å²) in [5.74, 6) is -1.15. The molecule has 7 heteroatoms. The number of hydrogen-bond acceptors (Lipinski definition) is 6. The molecule has 17 heavy (non-hydrogen) atoms. The minimum absolute atomic E-state index is 0.583. The van der Waals surface area contributed by atoms with E-state index in [1.54, 1.807) is 6.92 Å². The summed E-state index contributed by atoms with van der Waals surface area (Å²) >= 11 is 0. The molecule has 0 aromatic carbocycles. The molecule has 3 N–H and O–H groups in total. The molecule has 1 heterocycles. The third kappa shape index (κ3) is 3.14. The first-order valence-electron chi connectivity index (χ1n) is 5.31. The van der Waals surface area contributed by atoms with E-state index < -0.39 is 42.8 Å². The van der Waals surface area contributed by atoms with Gasteiger partial charge in [-0.1, -0.05) is 0 Å². The molecule has 0 spiro atoms. The van der Waals surface area contributed by atoms with Gasteiger partial charge in [0.05, 0.1) is 6.10 Å². The third-order valence-corrected chi connectivity index (χ3v) is 2.72. The number of hydrogen-bond donors (Lipinski definition) is 3. The summed E-state index contributed by atoms with van der Waals surface area (Å²) in [5, 5.41) is 28.2. The zero-order chi connectivity index (χ0) is 13.2. The molecule has 7 nitrogen and oxygen atoms in total. The summed E-state index contributed by atoms with van der Waals surface area (Å²) in [4.78, 5) is 10.7. The minimum Gasteiger partial charge on any atom is -0.479 e. The number of carbonyl (C=O) groups is 1. The lowest BCUT2D eigenvalue weighted by atomic mass is 9.99. The quantitative estimate of drug-likeness (QED) is 0.585. The van der Waals surface area contributed by atoms with Crippen molar-refractivity contribution in [2.75, 3.05) is 7.11 Å². The van der Waals surface area contributed by atoms with Gasteiger partial charge in [-0.05, 0) is 13.8 Å². The maximum Gasteiger partial charge on any atom is 0.332 e. The predicted octanol–water partition coefficient (Wildman–Crippen LogP) is -1.04. The molecule has 6 atom stereocenters. The van der Waals surface area contributed by atoms with E-state index in [9.17, 15) is 15.0 Å². The number of carboxylic acid groups (broad SMARTS) is 1. The molecule has 100 valence electrons. The first-order valence-corrected chi connectivity index (χ1v) is 5.31. The fourth-order valence-electron chi connectivity index (χ4n) is 1.68. The Balaban J connectivity index is 2.69. The highest BCUT2D eigenvalue weighted by atomic mass is 16.7. The van der Waals surface area contributed by atoms with Crippen LogP contribution >= 0.6 is 0 Å². The van der Waals surface area contributed by atoms with E-state index in [4.69, 9.17) is 19.3 Å². The van der Waals surface area contributed by atoms with Crippen LogP contribution in [0.1, 0.15) is 13.8 Å². The molecule has 0 radical (unpaired) electrons. The molecule has 4 unspecified atom stereocenters. The number of carboxylic acids is 1. The molecule has 1 aliphatic rings. The van der Waals surface area contributed by atoms with E-state index in [1.807, 2.05) is 0 Å². The third-order valence-electron chi connectivity index (χ3n) is 2.72. The number of aliphatic hydroxyl groups excluding tert-OH is 2. The van der Waals surface area contributed by atoms with E-state index in [-0.39, 0.29) is 0 Å². The molecule has 1 aliphatic heterocycles. The summed E-state index contributed by atoms with van der Waals surface area (Å²) in [7, 11) is 1.34. The van der Waals surface area contributed by atoms with Crippen molar-refractivity contribution in [3.05, 3.63) is 0 Å². The predicted molar refractivity (Wildman–Crippen MR) is 55.3 cm³/mol. The Morgan fingerprint density at radius 1 is 1.35 bits per heavy atom. The molecule has 0 aromatic rings. The SMILES string of the molecule is CO[C@@H]1O[C@@H](C)C(OC(C)C(=O)O)C(O)C1O. The highest BCUT2D eigenvalue weighted by molar-refractivity contribution is 5.71. The van der Waals surface area contributed by atoms with Crippen LogP contribution < -0.4 is 0 Å². The van der Waals surface area contributed by atoms with Crippen LogP contribution in [0.15, 0.2) is 0 Å². The average molecular weight is 250 g/mol. The van der Waals surface area contributed by atoms with Gasteiger partial charge in [-0.2, -0.15) is 0 Å². The van der Waals surface area contributed by atoms with Gasteiger partial charge in [-0.3, -0.25) is 0 Å². The smallest absolute Gasteiger partial charge is 0.332 e. The number of aliphatic hydroxyl groups is 2. The largest absolute Gasteiger partial charge is 0.479 e. The normalized spacial score (nSPS) is 39.9. The molecule has 0 saturated carbocycles. The Bertz CT molecular complexity index is 269. The van der Waals surface area contributed by atoms with Crippen molar-refractivity contribution in [2.24, 2.45) is 0 Å².